The monoisotopic (exact) mass is 457 g/mol. The van der Waals surface area contributed by atoms with E-state index < -0.39 is 48.1 Å². The van der Waals surface area contributed by atoms with Gasteiger partial charge in [0.1, 0.15) is 6.33 Å². The van der Waals surface area contributed by atoms with Crippen molar-refractivity contribution < 1.29 is 32.6 Å². The Kier molecular flexibility index (Phi) is 5.89. The lowest BCUT2D eigenvalue weighted by Gasteiger charge is -2.23. The molecule has 0 amide bonds. The lowest BCUT2D eigenvalue weighted by molar-refractivity contribution is -0.165. The van der Waals surface area contributed by atoms with E-state index in [0.29, 0.717) is 0 Å². The van der Waals surface area contributed by atoms with Crippen molar-refractivity contribution in [2.75, 3.05) is 5.32 Å². The smallest absolute Gasteiger partial charge is 0.303 e. The highest BCUT2D eigenvalue weighted by atomic mass is 19.2. The molecule has 12 heteroatoms. The third kappa shape index (κ3) is 4.31. The van der Waals surface area contributed by atoms with Crippen LogP contribution in [-0.2, 0) is 23.8 Å². The first-order valence-corrected chi connectivity index (χ1v) is 9.64. The zero-order valence-corrected chi connectivity index (χ0v) is 17.4. The number of fused-ring (bicyclic) bond motifs is 1. The summed E-state index contributed by atoms with van der Waals surface area (Å²) in [5.41, 5.74) is 0.762. The van der Waals surface area contributed by atoms with Gasteiger partial charge in [-0.1, -0.05) is 5.92 Å². The maximum atomic E-state index is 13.6. The molecule has 33 heavy (non-hydrogen) atoms. The van der Waals surface area contributed by atoms with E-state index >= 15 is 0 Å². The van der Waals surface area contributed by atoms with Crippen molar-refractivity contribution in [1.82, 2.24) is 19.5 Å². The number of carbonyl (C=O) groups excluding carboxylic acids is 2. The fraction of sp³-hybridized carbons (Fsp3) is 0.286. The largest absolute Gasteiger partial charge is 0.455 e. The second kappa shape index (κ2) is 8.79. The molecule has 3 aromatic rings. The molecular formula is C21H17F2N5O5. The molecule has 0 unspecified atom stereocenters. The van der Waals surface area contributed by atoms with Crippen LogP contribution in [-0.4, -0.2) is 49.8 Å². The number of terminal acetylenes is 1. The molecule has 1 saturated heterocycles. The summed E-state index contributed by atoms with van der Waals surface area (Å²) in [6.07, 6.45) is 3.96. The summed E-state index contributed by atoms with van der Waals surface area (Å²) in [6.45, 7) is 2.39. The predicted octanol–water partition coefficient (Wildman–Crippen LogP) is 2.24. The number of rotatable bonds is 5. The van der Waals surface area contributed by atoms with Gasteiger partial charge in [0.2, 0.25) is 0 Å². The highest BCUT2D eigenvalue weighted by Crippen LogP contribution is 2.36. The van der Waals surface area contributed by atoms with Gasteiger partial charge in [-0.3, -0.25) is 14.2 Å². The van der Waals surface area contributed by atoms with Gasteiger partial charge in [0.05, 0.1) is 6.33 Å². The molecule has 0 spiro atoms. The number of anilines is 2. The molecule has 2 aromatic heterocycles. The number of hydrogen-bond acceptors (Lipinski definition) is 9. The fourth-order valence-electron chi connectivity index (χ4n) is 3.48. The molecule has 4 atom stereocenters. The van der Waals surface area contributed by atoms with Crippen molar-refractivity contribution in [1.29, 1.82) is 0 Å². The summed E-state index contributed by atoms with van der Waals surface area (Å²) in [5.74, 6) is -0.696. The molecule has 1 aliphatic heterocycles. The Balaban J connectivity index is 1.72. The minimum atomic E-state index is -1.08. The number of nitrogens with zero attached hydrogens (tertiary/aromatic N) is 4. The topological polar surface area (TPSA) is 117 Å². The van der Waals surface area contributed by atoms with E-state index in [9.17, 15) is 18.4 Å². The van der Waals surface area contributed by atoms with Crippen LogP contribution in [0.3, 0.4) is 0 Å². The number of esters is 2. The van der Waals surface area contributed by atoms with Crippen LogP contribution >= 0.6 is 0 Å². The van der Waals surface area contributed by atoms with Gasteiger partial charge in [-0.05, 0) is 12.1 Å². The lowest BCUT2D eigenvalue weighted by Crippen LogP contribution is -2.38. The molecule has 0 bridgehead atoms. The van der Waals surface area contributed by atoms with E-state index in [-0.39, 0.29) is 22.7 Å². The minimum absolute atomic E-state index is 0.205. The average molecular weight is 457 g/mol. The van der Waals surface area contributed by atoms with Crippen molar-refractivity contribution in [3.05, 3.63) is 42.5 Å². The molecule has 4 rings (SSSR count). The SMILES string of the molecule is C#C[C@H]1O[C@@H](n2cnc3c(Nc4ccc(F)c(F)c4)ncnc32)[C@H](OC(C)=O)[C@H]1OC(C)=O. The maximum absolute atomic E-state index is 13.6. The summed E-state index contributed by atoms with van der Waals surface area (Å²) < 4.78 is 44.7. The van der Waals surface area contributed by atoms with Crippen LogP contribution in [0.25, 0.3) is 11.2 Å². The highest BCUT2D eigenvalue weighted by molar-refractivity contribution is 5.85. The summed E-state index contributed by atoms with van der Waals surface area (Å²) in [5, 5.41) is 2.86. The van der Waals surface area contributed by atoms with Gasteiger partial charge < -0.3 is 19.5 Å². The van der Waals surface area contributed by atoms with Crippen molar-refractivity contribution in [2.24, 2.45) is 0 Å². The van der Waals surface area contributed by atoms with Gasteiger partial charge in [0.15, 0.2) is 53.2 Å². The molecule has 0 saturated carbocycles. The number of aromatic nitrogens is 4. The maximum Gasteiger partial charge on any atom is 0.303 e. The Bertz CT molecular complexity index is 1270. The zero-order valence-electron chi connectivity index (χ0n) is 17.4. The molecule has 0 aliphatic carbocycles. The molecule has 1 aliphatic rings. The number of imidazole rings is 1. The number of ether oxygens (including phenoxy) is 3. The fourth-order valence-corrected chi connectivity index (χ4v) is 3.48. The molecule has 1 aromatic carbocycles. The third-order valence-electron chi connectivity index (χ3n) is 4.77. The van der Waals surface area contributed by atoms with Gasteiger partial charge >= 0.3 is 11.9 Å². The third-order valence-corrected chi connectivity index (χ3v) is 4.77. The van der Waals surface area contributed by atoms with Crippen molar-refractivity contribution >= 4 is 34.6 Å². The Labute approximate surface area is 185 Å². The zero-order chi connectivity index (χ0) is 23.7. The molecule has 1 N–H and O–H groups in total. The van der Waals surface area contributed by atoms with E-state index in [1.54, 1.807) is 0 Å². The lowest BCUT2D eigenvalue weighted by atomic mass is 10.1. The second-order valence-corrected chi connectivity index (χ2v) is 7.06. The normalized spacial score (nSPS) is 22.0. The van der Waals surface area contributed by atoms with Gasteiger partial charge in [-0.15, -0.1) is 6.42 Å². The summed E-state index contributed by atoms with van der Waals surface area (Å²) in [7, 11) is 0. The van der Waals surface area contributed by atoms with Crippen LogP contribution in [0.4, 0.5) is 20.3 Å². The van der Waals surface area contributed by atoms with Crippen LogP contribution in [0.5, 0.6) is 0 Å². The molecule has 170 valence electrons. The first kappa shape index (κ1) is 22.1. The standard InChI is InChI=1S/C21H17F2N5O5/c1-4-15-17(31-10(2)29)18(32-11(3)30)21(33-15)28-9-26-16-19(24-8-25-20(16)28)27-12-5-6-13(22)14(23)7-12/h1,5-9,15,17-18,21H,2-3H3,(H,24,25,27)/t15-,17+,18-,21-/m1/s1. The van der Waals surface area contributed by atoms with Gasteiger partial charge in [0, 0.05) is 25.6 Å². The van der Waals surface area contributed by atoms with Crippen molar-refractivity contribution in [3.63, 3.8) is 0 Å². The van der Waals surface area contributed by atoms with Gasteiger partial charge in [0.25, 0.3) is 0 Å². The number of carbonyl (C=O) groups is 2. The Morgan fingerprint density at radius 3 is 2.52 bits per heavy atom. The predicted molar refractivity (Wildman–Crippen MR) is 109 cm³/mol. The van der Waals surface area contributed by atoms with Gasteiger partial charge in [-0.25, -0.2) is 23.7 Å². The quantitative estimate of drug-likeness (QED) is 0.455. The van der Waals surface area contributed by atoms with E-state index in [1.165, 1.54) is 37.1 Å². The summed E-state index contributed by atoms with van der Waals surface area (Å²) >= 11 is 0. The molecule has 1 fully saturated rings. The Morgan fingerprint density at radius 2 is 1.85 bits per heavy atom. The molecular weight excluding hydrogens is 440 g/mol. The van der Waals surface area contributed by atoms with Crippen LogP contribution < -0.4 is 5.32 Å². The van der Waals surface area contributed by atoms with Crippen molar-refractivity contribution in [2.45, 2.75) is 38.4 Å². The van der Waals surface area contributed by atoms with E-state index in [0.717, 1.165) is 12.1 Å². The molecule has 0 radical (unpaired) electrons. The Hall–Kier alpha value is -4.11. The average Bonchev–Trinajstić information content (AvgIpc) is 3.32. The van der Waals surface area contributed by atoms with Crippen molar-refractivity contribution in [3.8, 4) is 12.3 Å². The molecule has 3 heterocycles. The first-order valence-electron chi connectivity index (χ1n) is 9.64. The summed E-state index contributed by atoms with van der Waals surface area (Å²) in [4.78, 5) is 35.9. The summed E-state index contributed by atoms with van der Waals surface area (Å²) in [6, 6.07) is 3.28. The van der Waals surface area contributed by atoms with Gasteiger partial charge in [-0.2, -0.15) is 0 Å². The van der Waals surface area contributed by atoms with Crippen LogP contribution in [0, 0.1) is 24.0 Å². The second-order valence-electron chi connectivity index (χ2n) is 7.06. The molecule has 10 nitrogen and oxygen atoms in total. The first-order chi connectivity index (χ1) is 15.8. The number of nitrogens with one attached hydrogen (secondary N) is 1. The number of hydrogen-bond donors (Lipinski definition) is 1. The number of halogens is 2. The highest BCUT2D eigenvalue weighted by Gasteiger charge is 2.50. The Morgan fingerprint density at radius 1 is 1.12 bits per heavy atom. The van der Waals surface area contributed by atoms with Crippen LogP contribution in [0.2, 0.25) is 0 Å². The number of benzene rings is 1. The van der Waals surface area contributed by atoms with Crippen LogP contribution in [0.1, 0.15) is 20.1 Å². The van der Waals surface area contributed by atoms with E-state index in [1.807, 2.05) is 0 Å². The van der Waals surface area contributed by atoms with E-state index in [4.69, 9.17) is 20.6 Å². The minimum Gasteiger partial charge on any atom is -0.455 e. The van der Waals surface area contributed by atoms with Crippen LogP contribution in [0.15, 0.2) is 30.9 Å². The van der Waals surface area contributed by atoms with E-state index in [2.05, 4.69) is 26.2 Å².